The molecule has 0 radical (unpaired) electrons. The van der Waals surface area contributed by atoms with E-state index >= 15 is 0 Å². The third-order valence-corrected chi connectivity index (χ3v) is 4.51. The van der Waals surface area contributed by atoms with Gasteiger partial charge >= 0.3 is 0 Å². The van der Waals surface area contributed by atoms with Crippen molar-refractivity contribution in [1.29, 1.82) is 0 Å². The van der Waals surface area contributed by atoms with Crippen molar-refractivity contribution >= 4 is 11.6 Å². The average molecular weight is 334 g/mol. The number of nitrogens with zero attached hydrogens (tertiary/aromatic N) is 2. The van der Waals surface area contributed by atoms with Crippen molar-refractivity contribution < 1.29 is 19.0 Å². The second-order valence-corrected chi connectivity index (χ2v) is 6.23. The lowest BCUT2D eigenvalue weighted by molar-refractivity contribution is -0.129. The minimum atomic E-state index is -0.0883. The lowest BCUT2D eigenvalue weighted by Crippen LogP contribution is -2.48. The maximum atomic E-state index is 11.4. The highest BCUT2D eigenvalue weighted by atomic mass is 16.7. The van der Waals surface area contributed by atoms with E-state index in [1.54, 1.807) is 6.92 Å². The fraction of sp³-hybridized carbons (Fsp3) is 0.611. The molecular weight excluding hydrogens is 308 g/mol. The minimum absolute atomic E-state index is 0.00860. The van der Waals surface area contributed by atoms with Gasteiger partial charge in [-0.3, -0.25) is 4.79 Å². The van der Waals surface area contributed by atoms with Gasteiger partial charge in [0.05, 0.1) is 6.61 Å². The Morgan fingerprint density at radius 2 is 1.92 bits per heavy atom. The van der Waals surface area contributed by atoms with Crippen LogP contribution in [0.1, 0.15) is 20.3 Å². The van der Waals surface area contributed by atoms with Crippen LogP contribution in [0.15, 0.2) is 24.3 Å². The Morgan fingerprint density at radius 3 is 2.50 bits per heavy atom. The van der Waals surface area contributed by atoms with E-state index in [-0.39, 0.29) is 18.3 Å². The predicted molar refractivity (Wildman–Crippen MR) is 91.3 cm³/mol. The van der Waals surface area contributed by atoms with Gasteiger partial charge in [-0.05, 0) is 30.7 Å². The first-order valence-electron chi connectivity index (χ1n) is 8.66. The molecule has 2 unspecified atom stereocenters. The number of hydrogen-bond acceptors (Lipinski definition) is 5. The van der Waals surface area contributed by atoms with Gasteiger partial charge in [-0.2, -0.15) is 0 Å². The Labute approximate surface area is 143 Å². The highest BCUT2D eigenvalue weighted by molar-refractivity contribution is 5.73. The van der Waals surface area contributed by atoms with Crippen LogP contribution < -0.4 is 9.64 Å². The van der Waals surface area contributed by atoms with Gasteiger partial charge in [0.15, 0.2) is 6.29 Å². The van der Waals surface area contributed by atoms with Gasteiger partial charge < -0.3 is 24.0 Å². The highest BCUT2D eigenvalue weighted by Gasteiger charge is 2.25. The number of benzene rings is 1. The summed E-state index contributed by atoms with van der Waals surface area (Å²) in [6, 6.07) is 8.11. The van der Waals surface area contributed by atoms with Crippen LogP contribution in [0.4, 0.5) is 5.69 Å². The molecule has 0 N–H and O–H groups in total. The number of carbonyl (C=O) groups is 1. The van der Waals surface area contributed by atoms with E-state index < -0.39 is 0 Å². The number of amides is 1. The zero-order valence-electron chi connectivity index (χ0n) is 14.4. The molecule has 0 aliphatic carbocycles. The Hall–Kier alpha value is -1.79. The number of hydrogen-bond donors (Lipinski definition) is 0. The molecule has 2 aliphatic rings. The smallest absolute Gasteiger partial charge is 0.219 e. The zero-order chi connectivity index (χ0) is 16.9. The molecule has 24 heavy (non-hydrogen) atoms. The molecular formula is C18H26N2O4. The first-order valence-corrected chi connectivity index (χ1v) is 8.66. The lowest BCUT2D eigenvalue weighted by atomic mass is 10.2. The lowest BCUT2D eigenvalue weighted by Gasteiger charge is -2.35. The first-order chi connectivity index (χ1) is 11.7. The van der Waals surface area contributed by atoms with Crippen molar-refractivity contribution in [3.05, 3.63) is 24.3 Å². The first kappa shape index (κ1) is 17.0. The molecule has 0 bridgehead atoms. The van der Waals surface area contributed by atoms with Gasteiger partial charge in [0, 0.05) is 38.8 Å². The van der Waals surface area contributed by atoms with Crippen LogP contribution in [0, 0.1) is 0 Å². The number of anilines is 1. The quantitative estimate of drug-likeness (QED) is 0.823. The second kappa shape index (κ2) is 7.85. The van der Waals surface area contributed by atoms with E-state index in [0.29, 0.717) is 13.2 Å². The highest BCUT2D eigenvalue weighted by Crippen LogP contribution is 2.22. The SMILES string of the molecule is CCC1OCC(COc2ccc(N3CCN(C(C)=O)CC3)cc2)O1. The van der Waals surface area contributed by atoms with Crippen LogP contribution in [-0.2, 0) is 14.3 Å². The minimum Gasteiger partial charge on any atom is -0.491 e. The fourth-order valence-corrected chi connectivity index (χ4v) is 3.03. The van der Waals surface area contributed by atoms with Gasteiger partial charge in [0.1, 0.15) is 18.5 Å². The van der Waals surface area contributed by atoms with Crippen LogP contribution in [0.2, 0.25) is 0 Å². The van der Waals surface area contributed by atoms with Crippen molar-refractivity contribution in [2.45, 2.75) is 32.7 Å². The van der Waals surface area contributed by atoms with Gasteiger partial charge in [-0.15, -0.1) is 0 Å². The van der Waals surface area contributed by atoms with Gasteiger partial charge in [0.2, 0.25) is 5.91 Å². The van der Waals surface area contributed by atoms with E-state index in [1.807, 2.05) is 24.0 Å². The molecule has 0 saturated carbocycles. The monoisotopic (exact) mass is 334 g/mol. The second-order valence-electron chi connectivity index (χ2n) is 6.23. The van der Waals surface area contributed by atoms with Crippen molar-refractivity contribution in [2.75, 3.05) is 44.3 Å². The van der Waals surface area contributed by atoms with E-state index in [0.717, 1.165) is 44.0 Å². The summed E-state index contributed by atoms with van der Waals surface area (Å²) in [6.07, 6.45) is 0.783. The molecule has 2 saturated heterocycles. The molecule has 2 aliphatic heterocycles. The van der Waals surface area contributed by atoms with Gasteiger partial charge in [0.25, 0.3) is 0 Å². The molecule has 1 amide bonds. The Bertz CT molecular complexity index is 540. The van der Waals surface area contributed by atoms with E-state index in [1.165, 1.54) is 0 Å². The summed E-state index contributed by atoms with van der Waals surface area (Å²) < 4.78 is 17.0. The summed E-state index contributed by atoms with van der Waals surface area (Å²) in [5, 5.41) is 0. The molecule has 6 nitrogen and oxygen atoms in total. The summed E-state index contributed by atoms with van der Waals surface area (Å²) in [5.74, 6) is 0.992. The fourth-order valence-electron chi connectivity index (χ4n) is 3.03. The molecule has 2 atom stereocenters. The summed E-state index contributed by atoms with van der Waals surface area (Å²) in [7, 11) is 0. The van der Waals surface area contributed by atoms with Crippen molar-refractivity contribution in [2.24, 2.45) is 0 Å². The summed E-state index contributed by atoms with van der Waals surface area (Å²) >= 11 is 0. The molecule has 1 aromatic rings. The Balaban J connectivity index is 1.46. The maximum absolute atomic E-state index is 11.4. The van der Waals surface area contributed by atoms with Crippen LogP contribution >= 0.6 is 0 Å². The number of rotatable bonds is 5. The molecule has 6 heteroatoms. The van der Waals surface area contributed by atoms with Crippen LogP contribution in [0.3, 0.4) is 0 Å². The standard InChI is InChI=1S/C18H26N2O4/c1-3-18-23-13-17(24-18)12-22-16-6-4-15(5-7-16)20-10-8-19(9-11-20)14(2)21/h4-7,17-18H,3,8-13H2,1-2H3. The Kier molecular flexibility index (Phi) is 5.58. The van der Waals surface area contributed by atoms with E-state index in [9.17, 15) is 4.79 Å². The van der Waals surface area contributed by atoms with Crippen molar-refractivity contribution in [1.82, 2.24) is 4.90 Å². The van der Waals surface area contributed by atoms with Crippen LogP contribution in [-0.4, -0.2) is 62.6 Å². The normalized spacial score (nSPS) is 24.2. The average Bonchev–Trinajstić information content (AvgIpc) is 3.09. The van der Waals surface area contributed by atoms with Crippen molar-refractivity contribution in [3.8, 4) is 5.75 Å². The van der Waals surface area contributed by atoms with E-state index in [2.05, 4.69) is 17.0 Å². The topological polar surface area (TPSA) is 51.2 Å². The van der Waals surface area contributed by atoms with E-state index in [4.69, 9.17) is 14.2 Å². The molecule has 2 heterocycles. The largest absolute Gasteiger partial charge is 0.491 e. The number of carbonyl (C=O) groups excluding carboxylic acids is 1. The summed E-state index contributed by atoms with van der Waals surface area (Å²) in [6.45, 7) is 8.07. The van der Waals surface area contributed by atoms with Crippen LogP contribution in [0.25, 0.3) is 0 Å². The molecule has 0 spiro atoms. The predicted octanol–water partition coefficient (Wildman–Crippen LogP) is 1.89. The number of ether oxygens (including phenoxy) is 3. The van der Waals surface area contributed by atoms with Crippen LogP contribution in [0.5, 0.6) is 5.75 Å². The Morgan fingerprint density at radius 1 is 1.21 bits per heavy atom. The molecule has 132 valence electrons. The van der Waals surface area contributed by atoms with Crippen molar-refractivity contribution in [3.63, 3.8) is 0 Å². The summed E-state index contributed by atoms with van der Waals surface area (Å²) in [4.78, 5) is 15.6. The molecule has 3 rings (SSSR count). The van der Waals surface area contributed by atoms with Gasteiger partial charge in [-0.25, -0.2) is 0 Å². The third kappa shape index (κ3) is 4.19. The molecule has 2 fully saturated rings. The zero-order valence-corrected chi connectivity index (χ0v) is 14.4. The molecule has 0 aromatic heterocycles. The molecule has 1 aromatic carbocycles. The van der Waals surface area contributed by atoms with Gasteiger partial charge in [-0.1, -0.05) is 6.92 Å². The number of piperazine rings is 1. The maximum Gasteiger partial charge on any atom is 0.219 e. The third-order valence-electron chi connectivity index (χ3n) is 4.51. The summed E-state index contributed by atoms with van der Waals surface area (Å²) in [5.41, 5.74) is 1.16.